The number of hydrogen-bond acceptors (Lipinski definition) is 5. The van der Waals surface area contributed by atoms with E-state index in [4.69, 9.17) is 18.9 Å². The van der Waals surface area contributed by atoms with Crippen molar-refractivity contribution in [1.82, 2.24) is 10.6 Å². The lowest BCUT2D eigenvalue weighted by atomic mass is 10.2. The SMILES string of the molecule is CN=C(NCCOc1ccc2c(c1)OCO2)NCc1cccc(OC)c1. The Balaban J connectivity index is 1.40. The normalized spacial score (nSPS) is 12.6. The fourth-order valence-electron chi connectivity index (χ4n) is 2.49. The van der Waals surface area contributed by atoms with Crippen molar-refractivity contribution < 1.29 is 18.9 Å². The van der Waals surface area contributed by atoms with Crippen molar-refractivity contribution in [3.8, 4) is 23.0 Å². The molecule has 1 aliphatic heterocycles. The van der Waals surface area contributed by atoms with E-state index in [0.29, 0.717) is 31.4 Å². The molecule has 1 heterocycles. The minimum Gasteiger partial charge on any atom is -0.497 e. The van der Waals surface area contributed by atoms with E-state index in [9.17, 15) is 0 Å². The van der Waals surface area contributed by atoms with Gasteiger partial charge in [0.15, 0.2) is 17.5 Å². The van der Waals surface area contributed by atoms with Gasteiger partial charge >= 0.3 is 0 Å². The van der Waals surface area contributed by atoms with Gasteiger partial charge in [0.2, 0.25) is 6.79 Å². The van der Waals surface area contributed by atoms with Crippen LogP contribution in [0.3, 0.4) is 0 Å². The predicted octanol–water partition coefficient (Wildman–Crippen LogP) is 2.17. The number of methoxy groups -OCH3 is 1. The third-order valence-corrected chi connectivity index (χ3v) is 3.82. The molecule has 7 nitrogen and oxygen atoms in total. The molecule has 0 radical (unpaired) electrons. The molecule has 0 fully saturated rings. The Morgan fingerprint density at radius 2 is 1.96 bits per heavy atom. The van der Waals surface area contributed by atoms with Crippen molar-refractivity contribution in [1.29, 1.82) is 0 Å². The van der Waals surface area contributed by atoms with Crippen LogP contribution in [0.2, 0.25) is 0 Å². The Morgan fingerprint density at radius 1 is 1.08 bits per heavy atom. The molecule has 0 aliphatic carbocycles. The summed E-state index contributed by atoms with van der Waals surface area (Å²) in [5.74, 6) is 3.76. The van der Waals surface area contributed by atoms with E-state index in [1.165, 1.54) is 0 Å². The molecule has 138 valence electrons. The van der Waals surface area contributed by atoms with Gasteiger partial charge in [-0.2, -0.15) is 0 Å². The van der Waals surface area contributed by atoms with Gasteiger partial charge in [0.05, 0.1) is 13.7 Å². The first-order valence-electron chi connectivity index (χ1n) is 8.38. The third-order valence-electron chi connectivity index (χ3n) is 3.82. The Morgan fingerprint density at radius 3 is 2.81 bits per heavy atom. The molecule has 2 N–H and O–H groups in total. The van der Waals surface area contributed by atoms with Crippen LogP contribution in [0.25, 0.3) is 0 Å². The maximum atomic E-state index is 5.72. The summed E-state index contributed by atoms with van der Waals surface area (Å²) in [7, 11) is 3.40. The van der Waals surface area contributed by atoms with Crippen LogP contribution in [-0.2, 0) is 6.54 Å². The maximum Gasteiger partial charge on any atom is 0.231 e. The molecule has 1 aliphatic rings. The molecular formula is C19H23N3O4. The highest BCUT2D eigenvalue weighted by atomic mass is 16.7. The van der Waals surface area contributed by atoms with E-state index >= 15 is 0 Å². The molecule has 3 rings (SSSR count). The van der Waals surface area contributed by atoms with Crippen molar-refractivity contribution in [2.75, 3.05) is 34.1 Å². The van der Waals surface area contributed by atoms with Gasteiger partial charge in [0.25, 0.3) is 0 Å². The maximum absolute atomic E-state index is 5.72. The van der Waals surface area contributed by atoms with Crippen molar-refractivity contribution in [2.24, 2.45) is 4.99 Å². The number of guanidine groups is 1. The number of benzene rings is 2. The van der Waals surface area contributed by atoms with Gasteiger partial charge in [0.1, 0.15) is 18.1 Å². The second-order valence-electron chi connectivity index (χ2n) is 5.57. The van der Waals surface area contributed by atoms with E-state index in [2.05, 4.69) is 15.6 Å². The van der Waals surface area contributed by atoms with Crippen LogP contribution in [0.15, 0.2) is 47.5 Å². The zero-order valence-electron chi connectivity index (χ0n) is 15.0. The summed E-state index contributed by atoms with van der Waals surface area (Å²) in [6.07, 6.45) is 0. The van der Waals surface area contributed by atoms with E-state index in [1.807, 2.05) is 42.5 Å². The van der Waals surface area contributed by atoms with Gasteiger partial charge in [-0.3, -0.25) is 4.99 Å². The Bertz CT molecular complexity index is 764. The lowest BCUT2D eigenvalue weighted by Gasteiger charge is -2.13. The lowest BCUT2D eigenvalue weighted by Crippen LogP contribution is -2.38. The molecule has 2 aromatic carbocycles. The van der Waals surface area contributed by atoms with Crippen molar-refractivity contribution in [3.63, 3.8) is 0 Å². The molecule has 7 heteroatoms. The first-order chi connectivity index (χ1) is 12.8. The van der Waals surface area contributed by atoms with Crippen molar-refractivity contribution in [3.05, 3.63) is 48.0 Å². The summed E-state index contributed by atoms with van der Waals surface area (Å²) < 4.78 is 21.6. The molecule has 26 heavy (non-hydrogen) atoms. The van der Waals surface area contributed by atoms with Gasteiger partial charge in [0, 0.05) is 19.7 Å². The van der Waals surface area contributed by atoms with Crippen LogP contribution in [0.4, 0.5) is 0 Å². The highest BCUT2D eigenvalue weighted by Gasteiger charge is 2.13. The first-order valence-corrected chi connectivity index (χ1v) is 8.38. The van der Waals surface area contributed by atoms with Gasteiger partial charge in [-0.1, -0.05) is 12.1 Å². The largest absolute Gasteiger partial charge is 0.497 e. The Hall–Kier alpha value is -3.09. The minimum atomic E-state index is 0.260. The summed E-state index contributed by atoms with van der Waals surface area (Å²) in [5.41, 5.74) is 1.11. The topological polar surface area (TPSA) is 73.3 Å². The van der Waals surface area contributed by atoms with Crippen LogP contribution in [0.5, 0.6) is 23.0 Å². The van der Waals surface area contributed by atoms with Crippen LogP contribution in [0, 0.1) is 0 Å². The quantitative estimate of drug-likeness (QED) is 0.449. The highest BCUT2D eigenvalue weighted by Crippen LogP contribution is 2.34. The molecule has 0 atom stereocenters. The summed E-state index contributed by atoms with van der Waals surface area (Å²) in [6.45, 7) is 2.03. The molecule has 0 unspecified atom stereocenters. The Labute approximate surface area is 152 Å². The summed E-state index contributed by atoms with van der Waals surface area (Å²) in [4.78, 5) is 4.21. The van der Waals surface area contributed by atoms with E-state index in [1.54, 1.807) is 14.2 Å². The van der Waals surface area contributed by atoms with E-state index in [0.717, 1.165) is 22.8 Å². The minimum absolute atomic E-state index is 0.260. The summed E-state index contributed by atoms with van der Waals surface area (Å²) in [6, 6.07) is 13.4. The van der Waals surface area contributed by atoms with Gasteiger partial charge in [-0.15, -0.1) is 0 Å². The van der Waals surface area contributed by atoms with E-state index in [-0.39, 0.29) is 6.79 Å². The van der Waals surface area contributed by atoms with Crippen LogP contribution >= 0.6 is 0 Å². The third kappa shape index (κ3) is 4.72. The van der Waals surface area contributed by atoms with E-state index < -0.39 is 0 Å². The first kappa shape index (κ1) is 17.7. The van der Waals surface area contributed by atoms with Crippen LogP contribution < -0.4 is 29.6 Å². The monoisotopic (exact) mass is 357 g/mol. The zero-order valence-corrected chi connectivity index (χ0v) is 15.0. The second-order valence-corrected chi connectivity index (χ2v) is 5.57. The standard InChI is InChI=1S/C19H23N3O4/c1-20-19(22-12-14-4-3-5-15(10-14)23-2)21-8-9-24-16-6-7-17-18(11-16)26-13-25-17/h3-7,10-11H,8-9,12-13H2,1-2H3,(H2,20,21,22). The number of ether oxygens (including phenoxy) is 4. The number of rotatable bonds is 7. The molecule has 0 saturated carbocycles. The molecule has 0 spiro atoms. The number of nitrogens with one attached hydrogen (secondary N) is 2. The number of nitrogens with zero attached hydrogens (tertiary/aromatic N) is 1. The molecule has 0 saturated heterocycles. The fraction of sp³-hybridized carbons (Fsp3) is 0.316. The van der Waals surface area contributed by atoms with Crippen molar-refractivity contribution in [2.45, 2.75) is 6.54 Å². The van der Waals surface area contributed by atoms with Crippen molar-refractivity contribution >= 4 is 5.96 Å². The number of fused-ring (bicyclic) bond motifs is 1. The number of hydrogen-bond donors (Lipinski definition) is 2. The summed E-state index contributed by atoms with van der Waals surface area (Å²) in [5, 5.41) is 6.48. The molecule has 0 bridgehead atoms. The molecule has 2 aromatic rings. The molecule has 0 amide bonds. The fourth-order valence-corrected chi connectivity index (χ4v) is 2.49. The van der Waals surface area contributed by atoms with Crippen LogP contribution in [-0.4, -0.2) is 40.1 Å². The van der Waals surface area contributed by atoms with Gasteiger partial charge in [-0.25, -0.2) is 0 Å². The Kier molecular flexibility index (Phi) is 6.03. The van der Waals surface area contributed by atoms with Crippen LogP contribution in [0.1, 0.15) is 5.56 Å². The lowest BCUT2D eigenvalue weighted by molar-refractivity contribution is 0.173. The zero-order chi connectivity index (χ0) is 18.2. The smallest absolute Gasteiger partial charge is 0.231 e. The predicted molar refractivity (Wildman–Crippen MR) is 99.3 cm³/mol. The molecular weight excluding hydrogens is 334 g/mol. The number of aliphatic imine (C=N–C) groups is 1. The van der Waals surface area contributed by atoms with Gasteiger partial charge < -0.3 is 29.6 Å². The second kappa shape index (κ2) is 8.84. The van der Waals surface area contributed by atoms with Gasteiger partial charge in [-0.05, 0) is 29.8 Å². The summed E-state index contributed by atoms with van der Waals surface area (Å²) >= 11 is 0. The average Bonchev–Trinajstić information content (AvgIpc) is 3.15. The highest BCUT2D eigenvalue weighted by molar-refractivity contribution is 5.79. The average molecular weight is 357 g/mol. The molecule has 0 aromatic heterocycles.